The van der Waals surface area contributed by atoms with Crippen LogP contribution in [0.1, 0.15) is 51.0 Å². The molecular formula is C24H40N6O6. The van der Waals surface area contributed by atoms with E-state index >= 15 is 0 Å². The molecule has 0 aliphatic carbocycles. The number of benzene rings is 1. The van der Waals surface area contributed by atoms with Crippen molar-refractivity contribution in [1.82, 2.24) is 16.0 Å². The molecule has 3 amide bonds. The summed E-state index contributed by atoms with van der Waals surface area (Å²) in [7, 11) is 0. The maximum atomic E-state index is 13.1. The van der Waals surface area contributed by atoms with Crippen LogP contribution in [0.15, 0.2) is 24.3 Å². The van der Waals surface area contributed by atoms with Gasteiger partial charge in [-0.1, -0.05) is 12.1 Å². The number of phenolic OH excluding ortho intramolecular Hbond substituents is 1. The second-order valence-corrected chi connectivity index (χ2v) is 8.75. The zero-order chi connectivity index (χ0) is 27.1. The van der Waals surface area contributed by atoms with Crippen molar-refractivity contribution >= 4 is 23.7 Å². The van der Waals surface area contributed by atoms with Crippen molar-refractivity contribution in [3.63, 3.8) is 0 Å². The second kappa shape index (κ2) is 16.5. The topological polar surface area (TPSA) is 223 Å². The number of unbranched alkanes of at least 4 members (excludes halogenated alkanes) is 2. The maximum Gasteiger partial charge on any atom is 0.326 e. The van der Waals surface area contributed by atoms with Crippen LogP contribution in [0.3, 0.4) is 0 Å². The largest absolute Gasteiger partial charge is 0.508 e. The molecule has 0 bridgehead atoms. The Morgan fingerprint density at radius 1 is 0.778 bits per heavy atom. The minimum absolute atomic E-state index is 0.0169. The number of carbonyl (C=O) groups is 4. The van der Waals surface area contributed by atoms with E-state index in [0.29, 0.717) is 50.8 Å². The third-order valence-electron chi connectivity index (χ3n) is 5.56. The molecule has 1 aromatic rings. The molecule has 202 valence electrons. The Morgan fingerprint density at radius 2 is 1.22 bits per heavy atom. The Bertz CT molecular complexity index is 848. The summed E-state index contributed by atoms with van der Waals surface area (Å²) in [6.07, 6.45) is 2.87. The molecule has 0 saturated carbocycles. The van der Waals surface area contributed by atoms with Crippen LogP contribution in [0.4, 0.5) is 0 Å². The molecular weight excluding hydrogens is 468 g/mol. The number of carboxylic acid groups (broad SMARTS) is 1. The van der Waals surface area contributed by atoms with E-state index in [2.05, 4.69) is 16.0 Å². The van der Waals surface area contributed by atoms with Crippen molar-refractivity contribution < 1.29 is 29.4 Å². The van der Waals surface area contributed by atoms with Gasteiger partial charge in [0.05, 0.1) is 6.04 Å². The molecule has 0 aromatic heterocycles. The molecule has 0 heterocycles. The molecule has 0 aliphatic heterocycles. The normalized spacial score (nSPS) is 14.2. The number of hydrogen-bond acceptors (Lipinski definition) is 8. The Labute approximate surface area is 211 Å². The number of aliphatic carboxylic acids is 1. The van der Waals surface area contributed by atoms with Gasteiger partial charge in [-0.3, -0.25) is 14.4 Å². The molecule has 36 heavy (non-hydrogen) atoms. The molecule has 1 rings (SSSR count). The van der Waals surface area contributed by atoms with Gasteiger partial charge in [0.25, 0.3) is 0 Å². The summed E-state index contributed by atoms with van der Waals surface area (Å²) in [4.78, 5) is 50.0. The first kappa shape index (κ1) is 30.8. The quantitative estimate of drug-likeness (QED) is 0.122. The van der Waals surface area contributed by atoms with E-state index in [1.54, 1.807) is 12.1 Å². The van der Waals surface area contributed by atoms with Crippen molar-refractivity contribution in [2.75, 3.05) is 13.1 Å². The van der Waals surface area contributed by atoms with E-state index in [0.717, 1.165) is 0 Å². The van der Waals surface area contributed by atoms with E-state index in [9.17, 15) is 29.4 Å². The first-order valence-electron chi connectivity index (χ1n) is 12.2. The van der Waals surface area contributed by atoms with Gasteiger partial charge in [-0.25, -0.2) is 4.79 Å². The van der Waals surface area contributed by atoms with E-state index in [4.69, 9.17) is 17.2 Å². The highest BCUT2D eigenvalue weighted by Crippen LogP contribution is 2.12. The summed E-state index contributed by atoms with van der Waals surface area (Å²) < 4.78 is 0. The average molecular weight is 509 g/mol. The zero-order valence-corrected chi connectivity index (χ0v) is 20.7. The summed E-state index contributed by atoms with van der Waals surface area (Å²) in [6, 6.07) is 1.93. The lowest BCUT2D eigenvalue weighted by atomic mass is 10.0. The SMILES string of the molecule is CC(N)C(=O)NC(CCCCN)C(=O)NC(CCCCN)C(=O)NC(Cc1ccc(O)cc1)C(=O)O. The van der Waals surface area contributed by atoms with Crippen molar-refractivity contribution in [3.8, 4) is 5.75 Å². The number of nitrogens with one attached hydrogen (secondary N) is 3. The van der Waals surface area contributed by atoms with Crippen LogP contribution in [0, 0.1) is 0 Å². The van der Waals surface area contributed by atoms with Gasteiger partial charge in [-0.2, -0.15) is 0 Å². The predicted octanol–water partition coefficient (Wildman–Crippen LogP) is -0.921. The molecule has 11 N–H and O–H groups in total. The van der Waals surface area contributed by atoms with Crippen LogP contribution >= 0.6 is 0 Å². The standard InChI is InChI=1S/C24H40N6O6/c1-15(27)21(32)28-18(6-2-4-12-25)22(33)29-19(7-3-5-13-26)23(34)30-20(24(35)36)14-16-8-10-17(31)11-9-16/h8-11,15,18-20,31H,2-7,12-14,25-27H2,1H3,(H,28,32)(H,29,33)(H,30,34)(H,35,36). The minimum Gasteiger partial charge on any atom is -0.508 e. The predicted molar refractivity (Wildman–Crippen MR) is 135 cm³/mol. The van der Waals surface area contributed by atoms with Crippen LogP contribution in [0.2, 0.25) is 0 Å². The first-order valence-corrected chi connectivity index (χ1v) is 12.2. The average Bonchev–Trinajstić information content (AvgIpc) is 2.83. The highest BCUT2D eigenvalue weighted by atomic mass is 16.4. The third-order valence-corrected chi connectivity index (χ3v) is 5.56. The van der Waals surface area contributed by atoms with Crippen molar-refractivity contribution in [2.45, 2.75) is 76.0 Å². The van der Waals surface area contributed by atoms with Crippen molar-refractivity contribution in [1.29, 1.82) is 0 Å². The highest BCUT2D eigenvalue weighted by molar-refractivity contribution is 5.94. The maximum absolute atomic E-state index is 13.1. The first-order chi connectivity index (χ1) is 17.1. The van der Waals surface area contributed by atoms with E-state index in [-0.39, 0.29) is 18.6 Å². The van der Waals surface area contributed by atoms with E-state index in [1.807, 2.05) is 0 Å². The fourth-order valence-electron chi connectivity index (χ4n) is 3.44. The van der Waals surface area contributed by atoms with E-state index in [1.165, 1.54) is 19.1 Å². The molecule has 0 saturated heterocycles. The number of hydrogen-bond donors (Lipinski definition) is 8. The molecule has 0 radical (unpaired) electrons. The fraction of sp³-hybridized carbons (Fsp3) is 0.583. The van der Waals surface area contributed by atoms with Crippen molar-refractivity contribution in [2.24, 2.45) is 17.2 Å². The number of nitrogens with two attached hydrogens (primary N) is 3. The molecule has 0 fully saturated rings. The molecule has 12 nitrogen and oxygen atoms in total. The molecule has 1 aromatic carbocycles. The summed E-state index contributed by atoms with van der Waals surface area (Å²) in [5.41, 5.74) is 17.3. The van der Waals surface area contributed by atoms with Gasteiger partial charge in [0.2, 0.25) is 17.7 Å². The van der Waals surface area contributed by atoms with Crippen molar-refractivity contribution in [3.05, 3.63) is 29.8 Å². The number of rotatable bonds is 17. The highest BCUT2D eigenvalue weighted by Gasteiger charge is 2.29. The molecule has 0 aliphatic rings. The molecule has 4 unspecified atom stereocenters. The van der Waals surface area contributed by atoms with E-state index < -0.39 is 47.9 Å². The monoisotopic (exact) mass is 508 g/mol. The summed E-state index contributed by atoms with van der Waals surface area (Å²) >= 11 is 0. The number of carbonyl (C=O) groups excluding carboxylic acids is 3. The lowest BCUT2D eigenvalue weighted by Gasteiger charge is -2.25. The molecule has 0 spiro atoms. The van der Waals surface area contributed by atoms with Crippen LogP contribution in [0.5, 0.6) is 5.75 Å². The fourth-order valence-corrected chi connectivity index (χ4v) is 3.44. The zero-order valence-electron chi connectivity index (χ0n) is 20.7. The summed E-state index contributed by atoms with van der Waals surface area (Å²) in [6.45, 7) is 2.32. The van der Waals surface area contributed by atoms with Gasteiger partial charge in [0, 0.05) is 6.42 Å². The Morgan fingerprint density at radius 3 is 1.64 bits per heavy atom. The van der Waals surface area contributed by atoms with Gasteiger partial charge in [0.15, 0.2) is 0 Å². The smallest absolute Gasteiger partial charge is 0.326 e. The summed E-state index contributed by atoms with van der Waals surface area (Å²) in [5.74, 6) is -2.95. The van der Waals surface area contributed by atoms with Crippen LogP contribution in [0.25, 0.3) is 0 Å². The van der Waals surface area contributed by atoms with Gasteiger partial charge >= 0.3 is 5.97 Å². The number of aromatic hydroxyl groups is 1. The lowest BCUT2D eigenvalue weighted by Crippen LogP contribution is -2.57. The minimum atomic E-state index is -1.26. The van der Waals surface area contributed by atoms with Crippen LogP contribution in [-0.2, 0) is 25.6 Å². The number of carboxylic acids is 1. The van der Waals surface area contributed by atoms with Gasteiger partial charge in [-0.05, 0) is 76.2 Å². The van der Waals surface area contributed by atoms with Crippen LogP contribution in [-0.4, -0.2) is 71.2 Å². The van der Waals surface area contributed by atoms with Gasteiger partial charge < -0.3 is 43.4 Å². The lowest BCUT2D eigenvalue weighted by molar-refractivity contribution is -0.142. The summed E-state index contributed by atoms with van der Waals surface area (Å²) in [5, 5.41) is 26.8. The number of phenols is 1. The molecule has 4 atom stereocenters. The van der Waals surface area contributed by atoms with Crippen LogP contribution < -0.4 is 33.2 Å². The number of amides is 3. The second-order valence-electron chi connectivity index (χ2n) is 8.75. The third kappa shape index (κ3) is 11.5. The van der Waals surface area contributed by atoms with Gasteiger partial charge in [0.1, 0.15) is 23.9 Å². The Kier molecular flexibility index (Phi) is 14.1. The molecule has 12 heteroatoms. The Balaban J connectivity index is 2.98. The Hall–Kier alpha value is -3.22. The van der Waals surface area contributed by atoms with Gasteiger partial charge in [-0.15, -0.1) is 0 Å².